The Balaban J connectivity index is 2.07. The predicted octanol–water partition coefficient (Wildman–Crippen LogP) is 2.63. The average molecular weight is 207 g/mol. The zero-order valence-electron chi connectivity index (χ0n) is 9.45. The molecule has 1 aliphatic carbocycles. The maximum Gasteiger partial charge on any atom is 0.123 e. The molecule has 3 atom stereocenters. The molecule has 0 aromatic carbocycles. The van der Waals surface area contributed by atoms with Gasteiger partial charge in [0.15, 0.2) is 0 Å². The van der Waals surface area contributed by atoms with Gasteiger partial charge in [-0.25, -0.2) is 4.98 Å². The van der Waals surface area contributed by atoms with E-state index < -0.39 is 0 Å². The molecule has 15 heavy (non-hydrogen) atoms. The number of aromatic amines is 1. The molecule has 0 amide bonds. The van der Waals surface area contributed by atoms with Crippen molar-refractivity contribution in [2.75, 3.05) is 0 Å². The van der Waals surface area contributed by atoms with Crippen LogP contribution in [0, 0.1) is 11.8 Å². The zero-order chi connectivity index (χ0) is 10.7. The van der Waals surface area contributed by atoms with E-state index in [2.05, 4.69) is 16.9 Å². The number of aromatic nitrogens is 2. The number of nitrogens with zero attached hydrogens (tertiary/aromatic N) is 1. The summed E-state index contributed by atoms with van der Waals surface area (Å²) in [5.74, 6) is 2.37. The summed E-state index contributed by atoms with van der Waals surface area (Å²) in [6.07, 6.45) is 10.2. The maximum absolute atomic E-state index is 6.29. The summed E-state index contributed by atoms with van der Waals surface area (Å²) in [7, 11) is 0. The predicted molar refractivity (Wildman–Crippen MR) is 61.3 cm³/mol. The third-order valence-electron chi connectivity index (χ3n) is 3.79. The van der Waals surface area contributed by atoms with Crippen LogP contribution in [0.2, 0.25) is 0 Å². The Morgan fingerprint density at radius 3 is 3.00 bits per heavy atom. The number of nitrogens with two attached hydrogens (primary N) is 1. The Kier molecular flexibility index (Phi) is 3.41. The first-order chi connectivity index (χ1) is 7.33. The molecule has 3 nitrogen and oxygen atoms in total. The van der Waals surface area contributed by atoms with E-state index in [-0.39, 0.29) is 6.04 Å². The molecule has 1 saturated carbocycles. The highest BCUT2D eigenvalue weighted by molar-refractivity contribution is 4.98. The van der Waals surface area contributed by atoms with Crippen LogP contribution in [0.3, 0.4) is 0 Å². The molecule has 3 unspecified atom stereocenters. The van der Waals surface area contributed by atoms with Crippen LogP contribution in [0.5, 0.6) is 0 Å². The van der Waals surface area contributed by atoms with Crippen molar-refractivity contribution in [3.05, 3.63) is 18.2 Å². The summed E-state index contributed by atoms with van der Waals surface area (Å²) in [5.41, 5.74) is 6.29. The van der Waals surface area contributed by atoms with Crippen molar-refractivity contribution in [3.63, 3.8) is 0 Å². The number of imidazole rings is 1. The lowest BCUT2D eigenvalue weighted by atomic mass is 9.74. The molecule has 3 heteroatoms. The van der Waals surface area contributed by atoms with Gasteiger partial charge in [0.05, 0.1) is 6.04 Å². The van der Waals surface area contributed by atoms with Crippen LogP contribution in [0.1, 0.15) is 50.9 Å². The smallest absolute Gasteiger partial charge is 0.123 e. The first-order valence-corrected chi connectivity index (χ1v) is 6.07. The number of nitrogens with one attached hydrogen (secondary N) is 1. The van der Waals surface area contributed by atoms with Crippen LogP contribution in [-0.2, 0) is 0 Å². The van der Waals surface area contributed by atoms with Crippen LogP contribution >= 0.6 is 0 Å². The minimum absolute atomic E-state index is 0.102. The van der Waals surface area contributed by atoms with Gasteiger partial charge in [-0.1, -0.05) is 32.6 Å². The van der Waals surface area contributed by atoms with E-state index in [9.17, 15) is 0 Å². The van der Waals surface area contributed by atoms with Crippen LogP contribution in [-0.4, -0.2) is 9.97 Å². The van der Waals surface area contributed by atoms with Gasteiger partial charge in [0.25, 0.3) is 0 Å². The van der Waals surface area contributed by atoms with Gasteiger partial charge < -0.3 is 10.7 Å². The van der Waals surface area contributed by atoms with Crippen molar-refractivity contribution in [1.29, 1.82) is 0 Å². The van der Waals surface area contributed by atoms with E-state index in [0.29, 0.717) is 5.92 Å². The number of rotatable bonds is 3. The fraction of sp³-hybridized carbons (Fsp3) is 0.750. The molecule has 0 spiro atoms. The van der Waals surface area contributed by atoms with Crippen LogP contribution < -0.4 is 5.73 Å². The summed E-state index contributed by atoms with van der Waals surface area (Å²) < 4.78 is 0. The van der Waals surface area contributed by atoms with Gasteiger partial charge in [0.2, 0.25) is 0 Å². The normalized spacial score (nSPS) is 28.9. The molecule has 1 aliphatic rings. The lowest BCUT2D eigenvalue weighted by Gasteiger charge is -2.34. The van der Waals surface area contributed by atoms with Crippen LogP contribution in [0.15, 0.2) is 12.4 Å². The highest BCUT2D eigenvalue weighted by atomic mass is 14.9. The van der Waals surface area contributed by atoms with Crippen molar-refractivity contribution in [2.45, 2.75) is 45.1 Å². The van der Waals surface area contributed by atoms with E-state index in [1.165, 1.54) is 32.1 Å². The molecule has 2 rings (SSSR count). The van der Waals surface area contributed by atoms with Gasteiger partial charge in [-0.05, 0) is 18.3 Å². The largest absolute Gasteiger partial charge is 0.347 e. The third kappa shape index (κ3) is 2.23. The van der Waals surface area contributed by atoms with Gasteiger partial charge >= 0.3 is 0 Å². The van der Waals surface area contributed by atoms with Gasteiger partial charge in [-0.3, -0.25) is 0 Å². The molecule has 0 saturated heterocycles. The fourth-order valence-corrected chi connectivity index (χ4v) is 2.88. The van der Waals surface area contributed by atoms with Gasteiger partial charge in [0.1, 0.15) is 5.82 Å². The molecule has 0 radical (unpaired) electrons. The molecule has 1 aromatic heterocycles. The molecular formula is C12H21N3. The van der Waals surface area contributed by atoms with Crippen molar-refractivity contribution in [2.24, 2.45) is 17.6 Å². The van der Waals surface area contributed by atoms with Gasteiger partial charge in [0, 0.05) is 12.4 Å². The van der Waals surface area contributed by atoms with Crippen molar-refractivity contribution in [3.8, 4) is 0 Å². The topological polar surface area (TPSA) is 54.7 Å². The number of H-pyrrole nitrogens is 1. The number of hydrogen-bond acceptors (Lipinski definition) is 2. The Bertz CT molecular complexity index is 281. The van der Waals surface area contributed by atoms with Gasteiger partial charge in [-0.2, -0.15) is 0 Å². The number of hydrogen-bond donors (Lipinski definition) is 2. The quantitative estimate of drug-likeness (QED) is 0.800. The molecule has 84 valence electrons. The monoisotopic (exact) mass is 207 g/mol. The lowest BCUT2D eigenvalue weighted by Crippen LogP contribution is -2.31. The summed E-state index contributed by atoms with van der Waals surface area (Å²) in [6.45, 7) is 2.28. The van der Waals surface area contributed by atoms with Gasteiger partial charge in [-0.15, -0.1) is 0 Å². The molecular weight excluding hydrogens is 186 g/mol. The van der Waals surface area contributed by atoms with E-state index in [1.54, 1.807) is 6.20 Å². The second kappa shape index (κ2) is 4.79. The van der Waals surface area contributed by atoms with E-state index in [1.807, 2.05) is 6.20 Å². The highest BCUT2D eigenvalue weighted by Gasteiger charge is 2.30. The minimum Gasteiger partial charge on any atom is -0.347 e. The summed E-state index contributed by atoms with van der Waals surface area (Å²) >= 11 is 0. The SMILES string of the molecule is CCC1CCCCC1C(N)c1ncc[nH]1. The average Bonchev–Trinajstić information content (AvgIpc) is 2.81. The maximum atomic E-state index is 6.29. The summed E-state index contributed by atoms with van der Waals surface area (Å²) in [4.78, 5) is 7.42. The lowest BCUT2D eigenvalue weighted by molar-refractivity contribution is 0.193. The first-order valence-electron chi connectivity index (χ1n) is 6.07. The van der Waals surface area contributed by atoms with Crippen LogP contribution in [0.4, 0.5) is 0 Å². The van der Waals surface area contributed by atoms with E-state index in [4.69, 9.17) is 5.73 Å². The first kappa shape index (κ1) is 10.7. The Morgan fingerprint density at radius 2 is 2.33 bits per heavy atom. The molecule has 1 heterocycles. The molecule has 3 N–H and O–H groups in total. The molecule has 1 aromatic rings. The standard InChI is InChI=1S/C12H21N3/c1-2-9-5-3-4-6-10(9)11(13)12-14-7-8-15-12/h7-11H,2-6,13H2,1H3,(H,14,15). The van der Waals surface area contributed by atoms with Crippen LogP contribution in [0.25, 0.3) is 0 Å². The van der Waals surface area contributed by atoms with Crippen molar-refractivity contribution in [1.82, 2.24) is 9.97 Å². The summed E-state index contributed by atoms with van der Waals surface area (Å²) in [5, 5.41) is 0. The molecule has 1 fully saturated rings. The second-order valence-corrected chi connectivity index (χ2v) is 4.62. The molecule has 0 bridgehead atoms. The Morgan fingerprint density at radius 1 is 1.53 bits per heavy atom. The second-order valence-electron chi connectivity index (χ2n) is 4.62. The Hall–Kier alpha value is -0.830. The summed E-state index contributed by atoms with van der Waals surface area (Å²) in [6, 6.07) is 0.102. The minimum atomic E-state index is 0.102. The molecule has 0 aliphatic heterocycles. The highest BCUT2D eigenvalue weighted by Crippen LogP contribution is 2.38. The van der Waals surface area contributed by atoms with E-state index >= 15 is 0 Å². The van der Waals surface area contributed by atoms with Crippen molar-refractivity contribution >= 4 is 0 Å². The van der Waals surface area contributed by atoms with Crippen molar-refractivity contribution < 1.29 is 0 Å². The fourth-order valence-electron chi connectivity index (χ4n) is 2.88. The third-order valence-corrected chi connectivity index (χ3v) is 3.79. The Labute approximate surface area is 91.5 Å². The zero-order valence-corrected chi connectivity index (χ0v) is 9.45. The van der Waals surface area contributed by atoms with E-state index in [0.717, 1.165) is 11.7 Å².